The molecule has 2 heterocycles. The summed E-state index contributed by atoms with van der Waals surface area (Å²) >= 11 is 0. The first-order chi connectivity index (χ1) is 13.9. The van der Waals surface area contributed by atoms with Gasteiger partial charge in [0, 0.05) is 0 Å². The molecule has 0 bridgehead atoms. The lowest BCUT2D eigenvalue weighted by Gasteiger charge is -2.29. The third-order valence-corrected chi connectivity index (χ3v) is 34.5. The van der Waals surface area contributed by atoms with E-state index in [-0.39, 0.29) is 0 Å². The van der Waals surface area contributed by atoms with Crippen molar-refractivity contribution in [3.63, 3.8) is 0 Å². The summed E-state index contributed by atoms with van der Waals surface area (Å²) in [5.41, 5.74) is 0. The molecule has 0 aromatic heterocycles. The zero-order chi connectivity index (χ0) is 22.8. The van der Waals surface area contributed by atoms with Crippen molar-refractivity contribution in [3.8, 4) is 0 Å². The van der Waals surface area contributed by atoms with Crippen molar-refractivity contribution >= 4 is 92.8 Å². The van der Waals surface area contributed by atoms with Crippen molar-refractivity contribution in [2.24, 2.45) is 0 Å². The number of hydrogen-bond acceptors (Lipinski definition) is 10. The highest BCUT2D eigenvalue weighted by molar-refractivity contribution is 6.73. The Balaban J connectivity index is 0.000000300. The van der Waals surface area contributed by atoms with E-state index in [1.54, 1.807) is 0 Å². The zero-order valence-electron chi connectivity index (χ0n) is 19.9. The molecular weight excluding hydrogens is 561 g/mol. The quantitative estimate of drug-likeness (QED) is 0.312. The van der Waals surface area contributed by atoms with Crippen LogP contribution in [0.4, 0.5) is 0 Å². The summed E-state index contributed by atoms with van der Waals surface area (Å²) < 4.78 is 57.6. The average Bonchev–Trinajstić information content (AvgIpc) is 2.51. The third-order valence-electron chi connectivity index (χ3n) is 3.83. The van der Waals surface area contributed by atoms with Crippen LogP contribution in [0.15, 0.2) is 0 Å². The lowest BCUT2D eigenvalue weighted by atomic mass is 11.9. The van der Waals surface area contributed by atoms with Crippen molar-refractivity contribution in [1.82, 2.24) is 0 Å². The maximum atomic E-state index is 5.76. The predicted octanol–water partition coefficient (Wildman–Crippen LogP) is -1.33. The summed E-state index contributed by atoms with van der Waals surface area (Å²) in [6.45, 7) is 20.4. The first kappa shape index (κ1) is 29.8. The van der Waals surface area contributed by atoms with E-state index in [1.807, 2.05) is 65.5 Å². The van der Waals surface area contributed by atoms with Crippen molar-refractivity contribution in [1.29, 1.82) is 0 Å². The van der Waals surface area contributed by atoms with Gasteiger partial charge in [-0.3, -0.25) is 0 Å². The Labute approximate surface area is 198 Å². The monoisotopic (exact) mass is 600 g/mol. The van der Waals surface area contributed by atoms with E-state index < -0.39 is 92.8 Å². The molecule has 0 N–H and O–H groups in total. The molecule has 0 aliphatic carbocycles. The highest BCUT2D eigenvalue weighted by Crippen LogP contribution is 2.08. The lowest BCUT2D eigenvalue weighted by Crippen LogP contribution is -2.44. The lowest BCUT2D eigenvalue weighted by molar-refractivity contribution is 0.293. The summed E-state index contributed by atoms with van der Waals surface area (Å²) in [4.78, 5) is 0. The molecule has 2 rings (SSSR count). The molecule has 30 heavy (non-hydrogen) atoms. The van der Waals surface area contributed by atoms with E-state index in [9.17, 15) is 0 Å². The third kappa shape index (κ3) is 14.1. The Hall–Kier alpha value is 1.77. The van der Waals surface area contributed by atoms with Crippen LogP contribution in [0, 0.1) is 0 Å². The second kappa shape index (κ2) is 15.6. The van der Waals surface area contributed by atoms with Gasteiger partial charge in [-0.15, -0.1) is 0 Å². The standard InChI is InChI=1S/2C5H20O5Si5/c2*1-11-6-12(2)8-14(4)10-15(5)9-13(3)7-11/h2*11-15H,1-5H3. The highest BCUT2D eigenvalue weighted by Gasteiger charge is 2.27. The van der Waals surface area contributed by atoms with E-state index in [0.29, 0.717) is 0 Å². The van der Waals surface area contributed by atoms with Crippen molar-refractivity contribution < 1.29 is 41.2 Å². The van der Waals surface area contributed by atoms with Crippen LogP contribution < -0.4 is 0 Å². The van der Waals surface area contributed by atoms with Gasteiger partial charge in [0.15, 0.2) is 0 Å². The maximum Gasteiger partial charge on any atom is 0.300 e. The molecule has 180 valence electrons. The average molecular weight is 601 g/mol. The van der Waals surface area contributed by atoms with Crippen LogP contribution in [0.1, 0.15) is 0 Å². The fourth-order valence-electron chi connectivity index (χ4n) is 3.02. The Morgan fingerprint density at radius 3 is 0.333 bits per heavy atom. The van der Waals surface area contributed by atoms with Gasteiger partial charge < -0.3 is 41.2 Å². The van der Waals surface area contributed by atoms with Crippen molar-refractivity contribution in [3.05, 3.63) is 0 Å². The van der Waals surface area contributed by atoms with Crippen LogP contribution in [0.3, 0.4) is 0 Å². The van der Waals surface area contributed by atoms with Crippen LogP contribution in [0.25, 0.3) is 0 Å². The molecule has 0 radical (unpaired) electrons. The summed E-state index contributed by atoms with van der Waals surface area (Å²) in [5, 5.41) is 0. The summed E-state index contributed by atoms with van der Waals surface area (Å²) in [7, 11) is -15.3. The van der Waals surface area contributed by atoms with Gasteiger partial charge in [-0.1, -0.05) is 0 Å². The highest BCUT2D eigenvalue weighted by atomic mass is 28.5. The second-order valence-corrected chi connectivity index (χ2v) is 29.3. The van der Waals surface area contributed by atoms with Gasteiger partial charge in [-0.05, 0) is 65.5 Å². The summed E-state index contributed by atoms with van der Waals surface area (Å²) in [6.07, 6.45) is 0. The molecule has 0 spiro atoms. The molecule has 0 amide bonds. The van der Waals surface area contributed by atoms with Gasteiger partial charge in [0.05, 0.1) is 0 Å². The minimum Gasteiger partial charge on any atom is -0.420 e. The Morgan fingerprint density at radius 1 is 0.200 bits per heavy atom. The van der Waals surface area contributed by atoms with Crippen LogP contribution in [0.2, 0.25) is 65.5 Å². The predicted molar refractivity (Wildman–Crippen MR) is 141 cm³/mol. The second-order valence-electron chi connectivity index (χ2n) is 7.04. The molecule has 0 aromatic rings. The largest absolute Gasteiger partial charge is 0.420 e. The maximum absolute atomic E-state index is 5.76. The molecule has 2 aliphatic heterocycles. The van der Waals surface area contributed by atoms with Gasteiger partial charge in [-0.2, -0.15) is 0 Å². The van der Waals surface area contributed by atoms with Crippen molar-refractivity contribution in [2.75, 3.05) is 0 Å². The number of rotatable bonds is 0. The van der Waals surface area contributed by atoms with Crippen LogP contribution in [-0.4, -0.2) is 92.8 Å². The van der Waals surface area contributed by atoms with E-state index in [1.165, 1.54) is 0 Å². The molecule has 2 aliphatic rings. The molecule has 2 fully saturated rings. The van der Waals surface area contributed by atoms with Gasteiger partial charge in [0.2, 0.25) is 0 Å². The summed E-state index contributed by atoms with van der Waals surface area (Å²) in [6, 6.07) is 0. The van der Waals surface area contributed by atoms with E-state index in [0.717, 1.165) is 0 Å². The van der Waals surface area contributed by atoms with Crippen LogP contribution in [0.5, 0.6) is 0 Å². The smallest absolute Gasteiger partial charge is 0.300 e. The molecule has 20 heteroatoms. The zero-order valence-corrected chi connectivity index (χ0v) is 31.4. The van der Waals surface area contributed by atoms with E-state index >= 15 is 0 Å². The van der Waals surface area contributed by atoms with Gasteiger partial charge in [0.1, 0.15) is 0 Å². The molecule has 0 unspecified atom stereocenters. The molecule has 2 saturated heterocycles. The minimum absolute atomic E-state index is 1.53. The van der Waals surface area contributed by atoms with Gasteiger partial charge in [-0.25, -0.2) is 0 Å². The topological polar surface area (TPSA) is 92.3 Å². The van der Waals surface area contributed by atoms with Gasteiger partial charge in [0.25, 0.3) is 92.8 Å². The first-order valence-corrected chi connectivity index (χ1v) is 31.5. The molecule has 0 saturated carbocycles. The van der Waals surface area contributed by atoms with E-state index in [2.05, 4.69) is 0 Å². The van der Waals surface area contributed by atoms with Gasteiger partial charge >= 0.3 is 0 Å². The molecule has 0 aromatic carbocycles. The molecular formula is C10H40O10Si10. The normalized spacial score (nSPS) is 45.0. The van der Waals surface area contributed by atoms with Crippen LogP contribution >= 0.6 is 0 Å². The Kier molecular flexibility index (Phi) is 15.5. The fourth-order valence-corrected chi connectivity index (χ4v) is 32.9. The Morgan fingerprint density at radius 2 is 0.267 bits per heavy atom. The SMILES string of the molecule is C[SiH]1O[SiH](C)O[SiH](C)O[SiH](C)O[SiH](C)O1.C[SiH]1O[SiH](C)O[SiH](C)O[SiH](C)O[SiH](C)O1. The molecule has 0 atom stereocenters. The number of hydrogen-bond donors (Lipinski definition) is 0. The van der Waals surface area contributed by atoms with Crippen LogP contribution in [-0.2, 0) is 41.2 Å². The summed E-state index contributed by atoms with van der Waals surface area (Å²) in [5.74, 6) is 0. The first-order valence-electron chi connectivity index (χ1n) is 10.5. The molecule has 10 nitrogen and oxygen atoms in total. The fraction of sp³-hybridized carbons (Fsp3) is 1.00. The minimum atomic E-state index is -1.53. The van der Waals surface area contributed by atoms with E-state index in [4.69, 9.17) is 41.2 Å². The van der Waals surface area contributed by atoms with Crippen molar-refractivity contribution in [2.45, 2.75) is 65.5 Å². The Bertz CT molecular complexity index is 320.